The van der Waals surface area contributed by atoms with Crippen molar-refractivity contribution in [1.82, 2.24) is 21.3 Å². The molecule has 12 N–H and O–H groups in total. The van der Waals surface area contributed by atoms with Gasteiger partial charge in [-0.3, -0.25) is 33.8 Å². The standard InChI is InChI=1S/C42H49N9O6/c43-36(52)26-35(48-37(53)25-29-18-20-31(21-19-29)30-15-8-3-9-16-30)41(57)49-32(17-10-22-47-42(45)46)39(55)51-34(24-28-13-6-2-7-14-28)40(56)50-33(38(44)54)23-27-11-4-1-5-12-27/h1-9,11-16,18-21,32-35H,10,17,22-26H2,(H2,43,52)(H2,44,54)(H,48,53)(H,49,57)(H,50,56)(H,51,55)(H4,45,46,47)/t32-,33?,34+,35+/m1/s1. The van der Waals surface area contributed by atoms with Crippen molar-refractivity contribution in [3.05, 3.63) is 132 Å². The van der Waals surface area contributed by atoms with Gasteiger partial charge in [0.05, 0.1) is 12.8 Å². The van der Waals surface area contributed by atoms with Crippen LogP contribution in [0.15, 0.2) is 120 Å². The average molecular weight is 776 g/mol. The van der Waals surface area contributed by atoms with Crippen LogP contribution in [0.3, 0.4) is 0 Å². The normalized spacial score (nSPS) is 12.8. The number of guanidine groups is 1. The molecular weight excluding hydrogens is 727 g/mol. The lowest BCUT2D eigenvalue weighted by Gasteiger charge is -2.26. The molecule has 0 aliphatic carbocycles. The maximum atomic E-state index is 14.0. The number of carbonyl (C=O) groups excluding carboxylic acids is 6. The molecule has 15 heteroatoms. The molecule has 0 spiro atoms. The minimum absolute atomic E-state index is 0.00303. The third-order valence-corrected chi connectivity index (χ3v) is 8.92. The minimum Gasteiger partial charge on any atom is -0.370 e. The average Bonchev–Trinajstić information content (AvgIpc) is 3.19. The summed E-state index contributed by atoms with van der Waals surface area (Å²) in [4.78, 5) is 83.1. The van der Waals surface area contributed by atoms with E-state index in [-0.39, 0.29) is 44.6 Å². The van der Waals surface area contributed by atoms with Gasteiger partial charge in [0, 0.05) is 19.4 Å². The second-order valence-corrected chi connectivity index (χ2v) is 13.4. The van der Waals surface area contributed by atoms with E-state index in [0.29, 0.717) is 11.1 Å². The Balaban J connectivity index is 1.51. The smallest absolute Gasteiger partial charge is 0.243 e. The number of aliphatic imine (C=N–C) groups is 1. The van der Waals surface area contributed by atoms with Crippen LogP contribution in [-0.2, 0) is 48.0 Å². The highest BCUT2D eigenvalue weighted by molar-refractivity contribution is 5.97. The molecule has 0 bridgehead atoms. The Labute approximate surface area is 331 Å². The summed E-state index contributed by atoms with van der Waals surface area (Å²) in [5.74, 6) is -4.66. The van der Waals surface area contributed by atoms with Crippen molar-refractivity contribution in [2.75, 3.05) is 6.54 Å². The lowest BCUT2D eigenvalue weighted by molar-refractivity contribution is -0.135. The van der Waals surface area contributed by atoms with E-state index in [0.717, 1.165) is 16.7 Å². The van der Waals surface area contributed by atoms with E-state index in [1.54, 1.807) is 66.7 Å². The van der Waals surface area contributed by atoms with Gasteiger partial charge in [0.2, 0.25) is 35.4 Å². The molecule has 0 aromatic heterocycles. The summed E-state index contributed by atoms with van der Waals surface area (Å²) in [6, 6.07) is 29.9. The highest BCUT2D eigenvalue weighted by Gasteiger charge is 2.32. The van der Waals surface area contributed by atoms with Crippen LogP contribution in [0.5, 0.6) is 0 Å². The first-order chi connectivity index (χ1) is 27.4. The van der Waals surface area contributed by atoms with Crippen LogP contribution in [0.1, 0.15) is 36.0 Å². The van der Waals surface area contributed by atoms with Crippen molar-refractivity contribution in [2.24, 2.45) is 27.9 Å². The fourth-order valence-corrected chi connectivity index (χ4v) is 6.01. The van der Waals surface area contributed by atoms with Crippen LogP contribution in [-0.4, -0.2) is 72.1 Å². The molecule has 0 saturated heterocycles. The van der Waals surface area contributed by atoms with Crippen molar-refractivity contribution in [3.8, 4) is 11.1 Å². The Kier molecular flexibility index (Phi) is 16.3. The molecule has 4 atom stereocenters. The topological polar surface area (TPSA) is 267 Å². The van der Waals surface area contributed by atoms with Gasteiger partial charge in [-0.2, -0.15) is 0 Å². The molecule has 6 amide bonds. The van der Waals surface area contributed by atoms with Crippen molar-refractivity contribution in [1.29, 1.82) is 0 Å². The van der Waals surface area contributed by atoms with Gasteiger partial charge in [0.25, 0.3) is 0 Å². The maximum absolute atomic E-state index is 14.0. The van der Waals surface area contributed by atoms with Crippen molar-refractivity contribution >= 4 is 41.4 Å². The van der Waals surface area contributed by atoms with Crippen LogP contribution in [0, 0.1) is 0 Å². The third-order valence-electron chi connectivity index (χ3n) is 8.92. The summed E-state index contributed by atoms with van der Waals surface area (Å²) in [5.41, 5.74) is 26.2. The Morgan fingerprint density at radius 2 is 0.982 bits per heavy atom. The van der Waals surface area contributed by atoms with Gasteiger partial charge in [0.15, 0.2) is 5.96 Å². The molecule has 0 heterocycles. The summed E-state index contributed by atoms with van der Waals surface area (Å²) in [5, 5.41) is 10.6. The number of nitrogens with zero attached hydrogens (tertiary/aromatic N) is 1. The Hall–Kier alpha value is -7.03. The lowest BCUT2D eigenvalue weighted by atomic mass is 10.0. The van der Waals surface area contributed by atoms with Crippen LogP contribution in [0.2, 0.25) is 0 Å². The molecule has 0 aliphatic rings. The monoisotopic (exact) mass is 775 g/mol. The van der Waals surface area contributed by atoms with Crippen molar-refractivity contribution in [2.45, 2.75) is 62.7 Å². The van der Waals surface area contributed by atoms with Gasteiger partial charge in [-0.25, -0.2) is 0 Å². The van der Waals surface area contributed by atoms with E-state index in [4.69, 9.17) is 22.9 Å². The molecule has 298 valence electrons. The Morgan fingerprint density at radius 1 is 0.509 bits per heavy atom. The first-order valence-electron chi connectivity index (χ1n) is 18.4. The predicted octanol–water partition coefficient (Wildman–Crippen LogP) is 0.735. The number of hydrogen-bond acceptors (Lipinski definition) is 7. The van der Waals surface area contributed by atoms with Crippen LogP contribution in [0.25, 0.3) is 11.1 Å². The molecule has 4 rings (SSSR count). The number of rotatable bonds is 21. The molecule has 4 aromatic carbocycles. The van der Waals surface area contributed by atoms with E-state index in [2.05, 4.69) is 26.3 Å². The summed E-state index contributed by atoms with van der Waals surface area (Å²) in [6.07, 6.45) is -0.302. The van der Waals surface area contributed by atoms with Crippen LogP contribution in [0.4, 0.5) is 0 Å². The largest absolute Gasteiger partial charge is 0.370 e. The van der Waals surface area contributed by atoms with E-state index < -0.39 is 66.0 Å². The Morgan fingerprint density at radius 3 is 1.53 bits per heavy atom. The molecule has 57 heavy (non-hydrogen) atoms. The number of primary amides is 2. The van der Waals surface area contributed by atoms with Gasteiger partial charge < -0.3 is 44.2 Å². The lowest BCUT2D eigenvalue weighted by Crippen LogP contribution is -2.59. The predicted molar refractivity (Wildman–Crippen MR) is 217 cm³/mol. The molecule has 1 unspecified atom stereocenters. The molecular formula is C42H49N9O6. The minimum atomic E-state index is -1.43. The van der Waals surface area contributed by atoms with E-state index in [1.165, 1.54) is 0 Å². The number of nitrogens with one attached hydrogen (secondary N) is 4. The molecule has 4 aromatic rings. The van der Waals surface area contributed by atoms with Gasteiger partial charge in [-0.1, -0.05) is 115 Å². The second kappa shape index (κ2) is 21.8. The zero-order valence-corrected chi connectivity index (χ0v) is 31.4. The summed E-state index contributed by atoms with van der Waals surface area (Å²) in [6.45, 7) is 0.111. The zero-order valence-electron chi connectivity index (χ0n) is 31.4. The fourth-order valence-electron chi connectivity index (χ4n) is 6.01. The summed E-state index contributed by atoms with van der Waals surface area (Å²) < 4.78 is 0. The van der Waals surface area contributed by atoms with Crippen LogP contribution >= 0.6 is 0 Å². The fraction of sp³-hybridized carbons (Fsp3) is 0.262. The number of amides is 6. The van der Waals surface area contributed by atoms with Gasteiger partial charge in [-0.15, -0.1) is 0 Å². The molecule has 0 fully saturated rings. The summed E-state index contributed by atoms with van der Waals surface area (Å²) in [7, 11) is 0. The van der Waals surface area contributed by atoms with Gasteiger partial charge in [-0.05, 0) is 40.7 Å². The quantitative estimate of drug-likeness (QED) is 0.0339. The van der Waals surface area contributed by atoms with Crippen molar-refractivity contribution in [3.63, 3.8) is 0 Å². The molecule has 0 saturated carbocycles. The van der Waals surface area contributed by atoms with Gasteiger partial charge in [0.1, 0.15) is 24.2 Å². The highest BCUT2D eigenvalue weighted by Crippen LogP contribution is 2.19. The molecule has 0 aliphatic heterocycles. The van der Waals surface area contributed by atoms with E-state index in [1.807, 2.05) is 48.5 Å². The van der Waals surface area contributed by atoms with Gasteiger partial charge >= 0.3 is 0 Å². The maximum Gasteiger partial charge on any atom is 0.243 e. The molecule has 0 radical (unpaired) electrons. The first-order valence-corrected chi connectivity index (χ1v) is 18.4. The van der Waals surface area contributed by atoms with Crippen LogP contribution < -0.4 is 44.2 Å². The SMILES string of the molecule is NC(=O)C[C@H](NC(=O)Cc1ccc(-c2ccccc2)cc1)C(=O)N[C@H](CCCN=C(N)N)C(=O)N[C@@H](Cc1ccccc1)C(=O)NC(Cc1ccccc1)C(N)=O. The van der Waals surface area contributed by atoms with E-state index >= 15 is 0 Å². The van der Waals surface area contributed by atoms with E-state index in [9.17, 15) is 28.8 Å². The number of carbonyl (C=O) groups is 6. The summed E-state index contributed by atoms with van der Waals surface area (Å²) >= 11 is 0. The number of nitrogens with two attached hydrogens (primary N) is 4. The zero-order chi connectivity index (χ0) is 41.2. The Bertz CT molecular complexity index is 1990. The number of benzene rings is 4. The second-order valence-electron chi connectivity index (χ2n) is 13.4. The third kappa shape index (κ3) is 14.6. The number of hydrogen-bond donors (Lipinski definition) is 8. The first kappa shape index (κ1) is 42.7. The van der Waals surface area contributed by atoms with Crippen molar-refractivity contribution < 1.29 is 28.8 Å². The molecule has 15 nitrogen and oxygen atoms in total. The highest BCUT2D eigenvalue weighted by atomic mass is 16.2.